The number of morpholine rings is 1. The number of rotatable bonds is 8. The van der Waals surface area contributed by atoms with Crippen molar-refractivity contribution < 1.29 is 17.9 Å². The Morgan fingerprint density at radius 3 is 2.64 bits per heavy atom. The first kappa shape index (κ1) is 28.2. The van der Waals surface area contributed by atoms with Crippen LogP contribution in [0.4, 0.5) is 18.9 Å². The van der Waals surface area contributed by atoms with Gasteiger partial charge in [0.2, 0.25) is 0 Å². The van der Waals surface area contributed by atoms with Gasteiger partial charge in [0.1, 0.15) is 12.7 Å². The molecule has 10 nitrogen and oxygen atoms in total. The molecule has 1 atom stereocenters. The van der Waals surface area contributed by atoms with Crippen molar-refractivity contribution in [3.8, 4) is 11.4 Å². The van der Waals surface area contributed by atoms with Crippen LogP contribution in [0.15, 0.2) is 61.0 Å². The Kier molecular flexibility index (Phi) is 8.11. The molecule has 0 radical (unpaired) electrons. The highest BCUT2D eigenvalue weighted by Crippen LogP contribution is 2.32. The highest BCUT2D eigenvalue weighted by atomic mass is 19.3. The van der Waals surface area contributed by atoms with E-state index in [2.05, 4.69) is 36.7 Å². The van der Waals surface area contributed by atoms with E-state index in [0.29, 0.717) is 56.0 Å². The first-order valence-electron chi connectivity index (χ1n) is 14.2. The number of ether oxygens (including phenoxy) is 1. The molecular weight excluding hydrogens is 547 g/mol. The van der Waals surface area contributed by atoms with Gasteiger partial charge in [0.15, 0.2) is 11.5 Å². The van der Waals surface area contributed by atoms with Gasteiger partial charge in [-0.3, -0.25) is 9.67 Å². The van der Waals surface area contributed by atoms with E-state index in [1.807, 2.05) is 24.5 Å². The van der Waals surface area contributed by atoms with Crippen LogP contribution in [0.25, 0.3) is 17.0 Å². The van der Waals surface area contributed by atoms with Crippen LogP contribution in [0.3, 0.4) is 0 Å². The normalized spacial score (nSPS) is 24.6. The van der Waals surface area contributed by atoms with Crippen LogP contribution in [0.5, 0.6) is 0 Å². The van der Waals surface area contributed by atoms with Crippen molar-refractivity contribution in [1.82, 2.24) is 35.4 Å². The van der Waals surface area contributed by atoms with E-state index in [9.17, 15) is 13.2 Å². The van der Waals surface area contributed by atoms with E-state index in [0.717, 1.165) is 40.4 Å². The summed E-state index contributed by atoms with van der Waals surface area (Å²) in [5.41, 5.74) is 10.1. The van der Waals surface area contributed by atoms with E-state index in [1.54, 1.807) is 12.3 Å². The lowest BCUT2D eigenvalue weighted by Gasteiger charge is -2.35. The Hall–Kier alpha value is -3.97. The van der Waals surface area contributed by atoms with Gasteiger partial charge in [0.05, 0.1) is 48.2 Å². The van der Waals surface area contributed by atoms with Gasteiger partial charge >= 0.3 is 0 Å². The maximum Gasteiger partial charge on any atom is 0.257 e. The number of dihydropyridines is 1. The zero-order chi connectivity index (χ0) is 29.1. The molecule has 2 aliphatic heterocycles. The summed E-state index contributed by atoms with van der Waals surface area (Å²) >= 11 is 0. The molecule has 222 valence electrons. The molecule has 0 bridgehead atoms. The number of anilines is 1. The minimum absolute atomic E-state index is 0.0863. The average Bonchev–Trinajstić information content (AvgIpc) is 3.47. The van der Waals surface area contributed by atoms with Crippen LogP contribution in [-0.4, -0.2) is 69.7 Å². The molecule has 1 saturated carbocycles. The Bertz CT molecular complexity index is 1430. The molecule has 3 aromatic rings. The molecule has 6 rings (SSSR count). The minimum atomic E-state index is -2.52. The van der Waals surface area contributed by atoms with E-state index in [-0.39, 0.29) is 6.04 Å². The molecule has 0 spiro atoms. The van der Waals surface area contributed by atoms with Crippen molar-refractivity contribution in [2.24, 2.45) is 5.73 Å². The third-order valence-electron chi connectivity index (χ3n) is 7.83. The Morgan fingerprint density at radius 2 is 1.90 bits per heavy atom. The Labute approximate surface area is 241 Å². The molecular formula is C29H34F3N9O. The number of allylic oxidation sites excluding steroid dienone is 1. The molecule has 5 heterocycles. The molecule has 1 aliphatic carbocycles. The smallest absolute Gasteiger partial charge is 0.257 e. The number of hydrogen-bond acceptors (Lipinski definition) is 9. The maximum absolute atomic E-state index is 13.9. The summed E-state index contributed by atoms with van der Waals surface area (Å²) in [6.45, 7) is 2.50. The van der Waals surface area contributed by atoms with Crippen LogP contribution < -0.4 is 21.3 Å². The molecule has 0 aromatic carbocycles. The summed E-state index contributed by atoms with van der Waals surface area (Å²) in [7, 11) is 0. The number of pyridine rings is 1. The van der Waals surface area contributed by atoms with Gasteiger partial charge in [-0.05, 0) is 50.0 Å². The van der Waals surface area contributed by atoms with E-state index >= 15 is 0 Å². The lowest BCUT2D eigenvalue weighted by molar-refractivity contribution is 0.122. The van der Waals surface area contributed by atoms with Gasteiger partial charge < -0.3 is 26.0 Å². The molecule has 3 aromatic heterocycles. The number of nitrogens with zero attached hydrogens (tertiary/aromatic N) is 6. The minimum Gasteiger partial charge on any atom is -0.382 e. The molecule has 4 N–H and O–H groups in total. The Balaban J connectivity index is 1.28. The molecule has 0 amide bonds. The second-order valence-corrected chi connectivity index (χ2v) is 10.8. The van der Waals surface area contributed by atoms with E-state index in [4.69, 9.17) is 15.5 Å². The lowest BCUT2D eigenvalue weighted by Crippen LogP contribution is -2.50. The van der Waals surface area contributed by atoms with Crippen LogP contribution >= 0.6 is 0 Å². The van der Waals surface area contributed by atoms with Gasteiger partial charge in [-0.2, -0.15) is 5.10 Å². The van der Waals surface area contributed by atoms with Gasteiger partial charge in [-0.25, -0.2) is 23.1 Å². The Morgan fingerprint density at radius 1 is 1.10 bits per heavy atom. The average molecular weight is 582 g/mol. The molecule has 3 aliphatic rings. The monoisotopic (exact) mass is 581 g/mol. The van der Waals surface area contributed by atoms with Crippen molar-refractivity contribution in [2.45, 2.75) is 56.5 Å². The van der Waals surface area contributed by atoms with Gasteiger partial charge in [0, 0.05) is 49.0 Å². The summed E-state index contributed by atoms with van der Waals surface area (Å²) in [5.74, 6) is 0.318. The summed E-state index contributed by atoms with van der Waals surface area (Å²) < 4.78 is 46.1. The van der Waals surface area contributed by atoms with Crippen molar-refractivity contribution in [3.63, 3.8) is 0 Å². The first-order chi connectivity index (χ1) is 20.4. The third-order valence-corrected chi connectivity index (χ3v) is 7.83. The summed E-state index contributed by atoms with van der Waals surface area (Å²) in [4.78, 5) is 16.0. The van der Waals surface area contributed by atoms with Gasteiger partial charge in [0.25, 0.3) is 6.43 Å². The van der Waals surface area contributed by atoms with Crippen LogP contribution in [0, 0.1) is 0 Å². The summed E-state index contributed by atoms with van der Waals surface area (Å²) in [5, 5.41) is 10.9. The van der Waals surface area contributed by atoms with Crippen molar-refractivity contribution in [3.05, 3.63) is 72.3 Å². The molecule has 2 fully saturated rings. The third kappa shape index (κ3) is 6.26. The highest BCUT2D eigenvalue weighted by Gasteiger charge is 2.33. The number of hydrogen-bond donors (Lipinski definition) is 3. The van der Waals surface area contributed by atoms with Crippen molar-refractivity contribution in [1.29, 1.82) is 0 Å². The standard InChI is InChI=1S/C29H34F3N9O/c30-20-1-3-21(4-2-20)38-25-13-29(33,26-7-8-34-28(39-26)19-14-37-41(17-19)18-27(31)32)36-16-23(25)24-6-5-22(15-35-24)40-9-11-42-12-10-40/h5-8,13-17,20-21,27,36,38H,1-4,9-12,18,33H2. The number of nitrogens with two attached hydrogens (primary N) is 1. The fraction of sp³-hybridized carbons (Fsp3) is 0.448. The summed E-state index contributed by atoms with van der Waals surface area (Å²) in [6, 6.07) is 5.82. The number of alkyl halides is 3. The van der Waals surface area contributed by atoms with Crippen molar-refractivity contribution in [2.75, 3.05) is 31.2 Å². The summed E-state index contributed by atoms with van der Waals surface area (Å²) in [6.07, 6.45) is 9.21. The van der Waals surface area contributed by atoms with Gasteiger partial charge in [-0.15, -0.1) is 0 Å². The SMILES string of the molecule is NC1(c2ccnc(-c3cnn(CC(F)F)c3)n2)C=C(NC2CCC(F)CC2)C(c2ccc(N3CCOCC3)cn2)=CN1. The molecule has 1 unspecified atom stereocenters. The van der Waals surface area contributed by atoms with Crippen LogP contribution in [0.1, 0.15) is 37.1 Å². The number of halogens is 3. The lowest BCUT2D eigenvalue weighted by atomic mass is 9.91. The van der Waals surface area contributed by atoms with Crippen molar-refractivity contribution >= 4 is 11.3 Å². The maximum atomic E-state index is 13.9. The first-order valence-corrected chi connectivity index (χ1v) is 14.2. The molecule has 13 heteroatoms. The predicted molar refractivity (Wildman–Crippen MR) is 152 cm³/mol. The fourth-order valence-electron chi connectivity index (χ4n) is 5.52. The van der Waals surface area contributed by atoms with Gasteiger partial charge in [-0.1, -0.05) is 0 Å². The molecule has 1 saturated heterocycles. The van der Waals surface area contributed by atoms with E-state index in [1.165, 1.54) is 12.4 Å². The van der Waals surface area contributed by atoms with E-state index < -0.39 is 24.8 Å². The number of aromatic nitrogens is 5. The van der Waals surface area contributed by atoms with Crippen LogP contribution in [-0.2, 0) is 16.9 Å². The van der Waals surface area contributed by atoms with Crippen LogP contribution in [0.2, 0.25) is 0 Å². The fourth-order valence-corrected chi connectivity index (χ4v) is 5.52. The highest BCUT2D eigenvalue weighted by molar-refractivity contribution is 5.78. The zero-order valence-electron chi connectivity index (χ0n) is 23.1. The largest absolute Gasteiger partial charge is 0.382 e. The second kappa shape index (κ2) is 12.1. The molecule has 42 heavy (non-hydrogen) atoms. The predicted octanol–water partition coefficient (Wildman–Crippen LogP) is 3.35. The number of nitrogens with one attached hydrogen (secondary N) is 2. The quantitative estimate of drug-likeness (QED) is 0.368. The zero-order valence-corrected chi connectivity index (χ0v) is 23.1. The second-order valence-electron chi connectivity index (χ2n) is 10.8. The topological polar surface area (TPSA) is 119 Å².